The van der Waals surface area contributed by atoms with E-state index < -0.39 is 35.9 Å². The molecule has 0 radical (unpaired) electrons. The molecule has 0 unspecified atom stereocenters. The topological polar surface area (TPSA) is 149 Å². The Kier molecular flexibility index (Phi) is 21.2. The van der Waals surface area contributed by atoms with Crippen molar-refractivity contribution in [3.8, 4) is 0 Å². The molecule has 1 saturated heterocycles. The number of Topliss-reactive ketones (excluding diaryl/α,β-unsaturated/α-hetero) is 2. The van der Waals surface area contributed by atoms with Gasteiger partial charge in [0.05, 0.1) is 44.6 Å². The van der Waals surface area contributed by atoms with Crippen LogP contribution in [0.15, 0.2) is 146 Å². The number of benzene rings is 6. The number of fused-ring (bicyclic) bond motifs is 2. The Hall–Kier alpha value is -8.32. The molecule has 84 heavy (non-hydrogen) atoms. The zero-order chi connectivity index (χ0) is 61.3. The first-order valence-corrected chi connectivity index (χ1v) is 27.2. The molecule has 8 aromatic rings. The van der Waals surface area contributed by atoms with Crippen molar-refractivity contribution in [2.75, 3.05) is 13.1 Å². The quantitative estimate of drug-likeness (QED) is 0.0633. The Morgan fingerprint density at radius 3 is 1.25 bits per heavy atom. The van der Waals surface area contributed by atoms with Gasteiger partial charge in [0, 0.05) is 73.5 Å². The van der Waals surface area contributed by atoms with Crippen LogP contribution < -0.4 is 5.32 Å². The Balaban J connectivity index is 0.000000213. The van der Waals surface area contributed by atoms with Crippen LogP contribution in [0.5, 0.6) is 0 Å². The van der Waals surface area contributed by atoms with E-state index in [1.54, 1.807) is 91.9 Å². The number of piperidine rings is 1. The number of aromatic nitrogens is 4. The van der Waals surface area contributed by atoms with Gasteiger partial charge >= 0.3 is 18.5 Å². The van der Waals surface area contributed by atoms with Gasteiger partial charge in [-0.1, -0.05) is 118 Å². The van der Waals surface area contributed by atoms with E-state index in [4.69, 9.17) is 16.1 Å². The largest absolute Gasteiger partial charge is 0.446 e. The molecule has 1 N–H and O–H groups in total. The monoisotopic (exact) mass is 1160 g/mol. The van der Waals surface area contributed by atoms with Gasteiger partial charge in [0.15, 0.2) is 11.6 Å². The van der Waals surface area contributed by atoms with Gasteiger partial charge in [-0.2, -0.15) is 39.5 Å². The van der Waals surface area contributed by atoms with Crippen molar-refractivity contribution >= 4 is 51.5 Å². The number of nitrogens with zero attached hydrogens (tertiary/aromatic N) is 4. The number of hydrogen-bond donors (Lipinski definition) is 1. The van der Waals surface area contributed by atoms with Crippen LogP contribution in [-0.4, -0.2) is 68.6 Å². The van der Waals surface area contributed by atoms with Gasteiger partial charge in [-0.25, -0.2) is 9.97 Å². The zero-order valence-electron chi connectivity index (χ0n) is 46.7. The standard InChI is InChI=1S/C31H27F3N2O2.C30H26F3N3O2.C2HF3O.C2H6/c32-31(33,34)25-8-4-5-21(15-25)17-26(37)16-20-9-11-23(12-10-20)30(38)24-13-14-27-28(18-24)36-29(19-35-27)22-6-2-1-3-7-22;31-30(32,33)24-3-1-2-20(14-24)16-25(37)15-19-4-6-22(7-5-19)29(38)23-8-9-26-27(17-23)36-28(18-35-26)21-10-12-34-13-11-21;3-2(4,5)1-6;1-2/h4-5,8-15,18-19,22H,1-3,6-7,16-17H2;1-9,14,17-18,21,34H,10-13,15-16H2;1H;1-2H3/i;;;1D. The predicted octanol–water partition coefficient (Wildman–Crippen LogP) is 14.8. The van der Waals surface area contributed by atoms with E-state index >= 15 is 0 Å². The molecule has 1 saturated carbocycles. The highest BCUT2D eigenvalue weighted by Crippen LogP contribution is 2.34. The van der Waals surface area contributed by atoms with Crippen LogP contribution in [0.2, 0.25) is 0 Å². The summed E-state index contributed by atoms with van der Waals surface area (Å²) in [7, 11) is 0. The second-order valence-corrected chi connectivity index (χ2v) is 20.2. The number of halogens is 9. The summed E-state index contributed by atoms with van der Waals surface area (Å²) in [6.07, 6.45) is -3.05. The van der Waals surface area contributed by atoms with Crippen molar-refractivity contribution in [2.24, 2.45) is 0 Å². The van der Waals surface area contributed by atoms with Crippen LogP contribution >= 0.6 is 0 Å². The lowest BCUT2D eigenvalue weighted by Crippen LogP contribution is -2.27. The summed E-state index contributed by atoms with van der Waals surface area (Å²) in [5.41, 5.74) is 7.26. The van der Waals surface area contributed by atoms with Crippen molar-refractivity contribution in [1.29, 1.82) is 0 Å². The summed E-state index contributed by atoms with van der Waals surface area (Å²) in [5.74, 6) is 0.0490. The molecule has 1 aliphatic carbocycles. The Morgan fingerprint density at radius 2 is 0.869 bits per heavy atom. The third kappa shape index (κ3) is 18.1. The molecule has 10 nitrogen and oxygen atoms in total. The number of carbonyl (C=O) groups is 5. The lowest BCUT2D eigenvalue weighted by atomic mass is 9.87. The van der Waals surface area contributed by atoms with Crippen molar-refractivity contribution < 1.29 is 64.9 Å². The molecule has 0 atom stereocenters. The molecule has 6 aromatic carbocycles. The van der Waals surface area contributed by atoms with Crippen LogP contribution in [0.3, 0.4) is 0 Å². The molecule has 2 fully saturated rings. The van der Waals surface area contributed by atoms with Crippen LogP contribution in [0.25, 0.3) is 22.1 Å². The maximum absolute atomic E-state index is 13.2. The molecule has 10 rings (SSSR count). The lowest BCUT2D eigenvalue weighted by molar-refractivity contribution is -0.156. The minimum absolute atomic E-state index is 0.0652. The molecule has 19 heteroatoms. The van der Waals surface area contributed by atoms with Gasteiger partial charge < -0.3 is 5.32 Å². The first-order chi connectivity index (χ1) is 40.5. The van der Waals surface area contributed by atoms with Gasteiger partial charge in [-0.3, -0.25) is 33.9 Å². The summed E-state index contributed by atoms with van der Waals surface area (Å²) in [4.78, 5) is 78.7. The fourth-order valence-electron chi connectivity index (χ4n) is 9.88. The van der Waals surface area contributed by atoms with E-state index in [1.165, 1.54) is 43.5 Å². The molecular formula is C65H60F9N5O5. The number of carbonyl (C=O) groups excluding carboxylic acids is 5. The van der Waals surface area contributed by atoms with Crippen LogP contribution in [0, 0.1) is 0 Å². The molecule has 3 heterocycles. The number of alkyl halides is 9. The summed E-state index contributed by atoms with van der Waals surface area (Å²) in [6.45, 7) is 4.20. The van der Waals surface area contributed by atoms with Crippen molar-refractivity contribution in [2.45, 2.75) is 115 Å². The normalized spacial score (nSPS) is 14.1. The molecule has 2 aliphatic rings. The third-order valence-electron chi connectivity index (χ3n) is 14.1. The summed E-state index contributed by atoms with van der Waals surface area (Å²) < 4.78 is 115. The number of aldehydes is 1. The molecule has 2 aromatic heterocycles. The second-order valence-electron chi connectivity index (χ2n) is 20.2. The van der Waals surface area contributed by atoms with Crippen molar-refractivity contribution in [1.82, 2.24) is 25.3 Å². The Morgan fingerprint density at radius 1 is 0.500 bits per heavy atom. The molecule has 1 aliphatic heterocycles. The minimum Gasteiger partial charge on any atom is -0.317 e. The smallest absolute Gasteiger partial charge is 0.317 e. The van der Waals surface area contributed by atoms with Gasteiger partial charge in [0.25, 0.3) is 0 Å². The van der Waals surface area contributed by atoms with Crippen molar-refractivity contribution in [3.63, 3.8) is 0 Å². The van der Waals surface area contributed by atoms with E-state index in [1.807, 2.05) is 12.4 Å². The minimum atomic E-state index is -4.64. The van der Waals surface area contributed by atoms with E-state index in [9.17, 15) is 58.7 Å². The molecule has 0 amide bonds. The molecule has 438 valence electrons. The first kappa shape index (κ1) is 61.7. The predicted molar refractivity (Wildman–Crippen MR) is 301 cm³/mol. The number of ketones is 4. The zero-order valence-corrected chi connectivity index (χ0v) is 45.7. The SMILES string of the molecule is O=C(Cc1ccc(C(=O)c2ccc3ncc(C4CCCCC4)nc3c2)cc1)Cc1cccc(C(F)(F)F)c1.O=C(Cc1ccc(C(=O)c2ccc3ncc(C4CCNCC4)nc3c2)cc1)Cc1cccc(C(F)(F)F)c1.O=CC(F)(F)F.[2H]CC. The van der Waals surface area contributed by atoms with Gasteiger partial charge in [0.1, 0.15) is 11.6 Å². The molecular weight excluding hydrogens is 1100 g/mol. The second kappa shape index (κ2) is 28.8. The highest BCUT2D eigenvalue weighted by Gasteiger charge is 2.32. The maximum atomic E-state index is 13.2. The highest BCUT2D eigenvalue weighted by molar-refractivity contribution is 6.11. The van der Waals surface area contributed by atoms with E-state index in [0.29, 0.717) is 74.3 Å². The lowest BCUT2D eigenvalue weighted by Gasteiger charge is -2.21. The van der Waals surface area contributed by atoms with Crippen LogP contribution in [0.4, 0.5) is 39.5 Å². The summed E-state index contributed by atoms with van der Waals surface area (Å²) in [5, 5.41) is 3.35. The van der Waals surface area contributed by atoms with Gasteiger partial charge in [-0.15, -0.1) is 0 Å². The summed E-state index contributed by atoms with van der Waals surface area (Å²) in [6, 6.07) is 33.7. The van der Waals surface area contributed by atoms with E-state index in [2.05, 4.69) is 15.3 Å². The number of hydrogen-bond acceptors (Lipinski definition) is 10. The van der Waals surface area contributed by atoms with Crippen molar-refractivity contribution in [3.05, 3.63) is 213 Å². The third-order valence-corrected chi connectivity index (χ3v) is 14.1. The van der Waals surface area contributed by atoms with Gasteiger partial charge in [-0.05, 0) is 110 Å². The van der Waals surface area contributed by atoms with Crippen LogP contribution in [-0.2, 0) is 52.4 Å². The number of rotatable bonds is 14. The molecule has 0 bridgehead atoms. The Bertz CT molecular complexity index is 3370. The maximum Gasteiger partial charge on any atom is 0.446 e. The first-order valence-electron chi connectivity index (χ1n) is 27.9. The average molecular weight is 1160 g/mol. The fraction of sp³-hybridized carbons (Fsp3) is 0.308. The number of nitrogens with one attached hydrogen (secondary N) is 1. The highest BCUT2D eigenvalue weighted by atomic mass is 19.4. The van der Waals surface area contributed by atoms with Gasteiger partial charge in [0.2, 0.25) is 6.29 Å². The van der Waals surface area contributed by atoms with E-state index in [-0.39, 0.29) is 48.8 Å². The van der Waals surface area contributed by atoms with E-state index in [0.717, 1.165) is 85.5 Å². The average Bonchev–Trinajstić information content (AvgIpc) is 3.69. The summed E-state index contributed by atoms with van der Waals surface area (Å²) >= 11 is 0. The molecule has 0 spiro atoms. The Labute approximate surface area is 480 Å². The van der Waals surface area contributed by atoms with Crippen LogP contribution in [0.1, 0.15) is 149 Å². The fourth-order valence-corrected chi connectivity index (χ4v) is 9.88.